The van der Waals surface area contributed by atoms with Crippen LogP contribution >= 0.6 is 0 Å². The quantitative estimate of drug-likeness (QED) is 0.836. The molecule has 2 N–H and O–H groups in total. The van der Waals surface area contributed by atoms with Crippen LogP contribution in [-0.4, -0.2) is 24.5 Å². The number of hydrogen-bond donors (Lipinski definition) is 1. The van der Waals surface area contributed by atoms with Gasteiger partial charge in [-0.3, -0.25) is 4.90 Å². The van der Waals surface area contributed by atoms with Gasteiger partial charge in [-0.15, -0.1) is 0 Å². The number of nitrogens with zero attached hydrogens (tertiary/aromatic N) is 1. The van der Waals surface area contributed by atoms with E-state index in [1.165, 1.54) is 11.1 Å². The van der Waals surface area contributed by atoms with E-state index in [4.69, 9.17) is 5.73 Å². The zero-order valence-electron chi connectivity index (χ0n) is 12.5. The predicted molar refractivity (Wildman–Crippen MR) is 79.7 cm³/mol. The molecule has 0 aromatic heterocycles. The van der Waals surface area contributed by atoms with E-state index in [1.54, 1.807) is 0 Å². The number of rotatable bonds is 6. The second-order valence-corrected chi connectivity index (χ2v) is 6.02. The Morgan fingerprint density at radius 3 is 2.50 bits per heavy atom. The van der Waals surface area contributed by atoms with Crippen LogP contribution in [-0.2, 0) is 0 Å². The molecule has 0 spiro atoms. The third kappa shape index (κ3) is 4.11. The van der Waals surface area contributed by atoms with Gasteiger partial charge >= 0.3 is 0 Å². The Bertz CT molecular complexity index is 371. The molecule has 0 aliphatic heterocycles. The molecule has 1 aromatic rings. The van der Waals surface area contributed by atoms with Gasteiger partial charge in [0.1, 0.15) is 0 Å². The molecule has 18 heavy (non-hydrogen) atoms. The van der Waals surface area contributed by atoms with Crippen molar-refractivity contribution in [1.29, 1.82) is 0 Å². The van der Waals surface area contributed by atoms with E-state index in [1.807, 2.05) is 0 Å². The highest BCUT2D eigenvalue weighted by molar-refractivity contribution is 5.24. The minimum atomic E-state index is 0.175. The summed E-state index contributed by atoms with van der Waals surface area (Å²) < 4.78 is 0. The van der Waals surface area contributed by atoms with Gasteiger partial charge in [0.2, 0.25) is 0 Å². The van der Waals surface area contributed by atoms with E-state index in [0.29, 0.717) is 6.04 Å². The predicted octanol–water partition coefficient (Wildman–Crippen LogP) is 3.36. The van der Waals surface area contributed by atoms with Crippen molar-refractivity contribution in [3.8, 4) is 0 Å². The summed E-state index contributed by atoms with van der Waals surface area (Å²) in [6.07, 6.45) is 0. The van der Waals surface area contributed by atoms with Gasteiger partial charge in [0, 0.05) is 12.6 Å². The van der Waals surface area contributed by atoms with Crippen LogP contribution in [0.25, 0.3) is 0 Å². The van der Waals surface area contributed by atoms with Crippen molar-refractivity contribution >= 4 is 0 Å². The SMILES string of the molecule is CCN(CC(C)(C)CN)C(C)c1cccc(C)c1. The molecular weight excluding hydrogens is 220 g/mol. The molecule has 0 radical (unpaired) electrons. The summed E-state index contributed by atoms with van der Waals surface area (Å²) in [4.78, 5) is 2.50. The van der Waals surface area contributed by atoms with Crippen LogP contribution in [0, 0.1) is 12.3 Å². The van der Waals surface area contributed by atoms with Gasteiger partial charge in [-0.25, -0.2) is 0 Å². The van der Waals surface area contributed by atoms with E-state index in [-0.39, 0.29) is 5.41 Å². The van der Waals surface area contributed by atoms with Gasteiger partial charge in [-0.05, 0) is 37.9 Å². The minimum absolute atomic E-state index is 0.175. The van der Waals surface area contributed by atoms with Crippen molar-refractivity contribution in [2.24, 2.45) is 11.1 Å². The van der Waals surface area contributed by atoms with Crippen molar-refractivity contribution < 1.29 is 0 Å². The number of aryl methyl sites for hydroxylation is 1. The lowest BCUT2D eigenvalue weighted by Gasteiger charge is -2.35. The molecule has 1 rings (SSSR count). The van der Waals surface area contributed by atoms with Crippen LogP contribution in [0.1, 0.15) is 44.9 Å². The van der Waals surface area contributed by atoms with Crippen molar-refractivity contribution in [3.05, 3.63) is 35.4 Å². The summed E-state index contributed by atoms with van der Waals surface area (Å²) in [7, 11) is 0. The highest BCUT2D eigenvalue weighted by Crippen LogP contribution is 2.25. The third-order valence-corrected chi connectivity index (χ3v) is 3.66. The van der Waals surface area contributed by atoms with Crippen LogP contribution in [0.5, 0.6) is 0 Å². The average molecular weight is 248 g/mol. The van der Waals surface area contributed by atoms with Crippen molar-refractivity contribution in [2.75, 3.05) is 19.6 Å². The van der Waals surface area contributed by atoms with Gasteiger partial charge in [0.25, 0.3) is 0 Å². The standard InChI is InChI=1S/C16H28N2/c1-6-18(12-16(4,5)11-17)14(3)15-9-7-8-13(2)10-15/h7-10,14H,6,11-12,17H2,1-5H3. The van der Waals surface area contributed by atoms with Crippen molar-refractivity contribution in [1.82, 2.24) is 4.90 Å². The average Bonchev–Trinajstić information content (AvgIpc) is 2.35. The largest absolute Gasteiger partial charge is 0.330 e. The fraction of sp³-hybridized carbons (Fsp3) is 0.625. The second kappa shape index (κ2) is 6.35. The van der Waals surface area contributed by atoms with E-state index >= 15 is 0 Å². The van der Waals surface area contributed by atoms with Crippen LogP contribution in [0.4, 0.5) is 0 Å². The Hall–Kier alpha value is -0.860. The molecule has 0 bridgehead atoms. The molecule has 0 fully saturated rings. The highest BCUT2D eigenvalue weighted by atomic mass is 15.2. The first-order chi connectivity index (χ1) is 8.39. The van der Waals surface area contributed by atoms with Crippen molar-refractivity contribution in [2.45, 2.75) is 40.7 Å². The smallest absolute Gasteiger partial charge is 0.0320 e. The van der Waals surface area contributed by atoms with Gasteiger partial charge < -0.3 is 5.73 Å². The van der Waals surface area contributed by atoms with Crippen LogP contribution in [0.3, 0.4) is 0 Å². The molecular formula is C16H28N2. The van der Waals surface area contributed by atoms with Crippen LogP contribution < -0.4 is 5.73 Å². The molecule has 0 aliphatic carbocycles. The van der Waals surface area contributed by atoms with Crippen LogP contribution in [0.2, 0.25) is 0 Å². The normalized spacial score (nSPS) is 13.9. The Morgan fingerprint density at radius 2 is 2.00 bits per heavy atom. The lowest BCUT2D eigenvalue weighted by Crippen LogP contribution is -2.40. The van der Waals surface area contributed by atoms with Crippen molar-refractivity contribution in [3.63, 3.8) is 0 Å². The summed E-state index contributed by atoms with van der Waals surface area (Å²) in [5.41, 5.74) is 8.74. The Labute approximate surface area is 112 Å². The first kappa shape index (κ1) is 15.2. The summed E-state index contributed by atoms with van der Waals surface area (Å²) in [5, 5.41) is 0. The fourth-order valence-electron chi connectivity index (χ4n) is 2.28. The number of benzene rings is 1. The molecule has 0 aliphatic rings. The fourth-order valence-corrected chi connectivity index (χ4v) is 2.28. The van der Waals surface area contributed by atoms with E-state index in [0.717, 1.165) is 19.6 Å². The first-order valence-electron chi connectivity index (χ1n) is 6.90. The van der Waals surface area contributed by atoms with Gasteiger partial charge in [-0.1, -0.05) is 50.6 Å². The topological polar surface area (TPSA) is 29.3 Å². The molecule has 0 heterocycles. The second-order valence-electron chi connectivity index (χ2n) is 6.02. The lowest BCUT2D eigenvalue weighted by atomic mass is 9.91. The monoisotopic (exact) mass is 248 g/mol. The number of hydrogen-bond acceptors (Lipinski definition) is 2. The number of nitrogens with two attached hydrogens (primary N) is 1. The van der Waals surface area contributed by atoms with Gasteiger partial charge in [0.15, 0.2) is 0 Å². The molecule has 0 saturated heterocycles. The summed E-state index contributed by atoms with van der Waals surface area (Å²) in [5.74, 6) is 0. The molecule has 2 nitrogen and oxygen atoms in total. The maximum atomic E-state index is 5.85. The molecule has 1 aromatic carbocycles. The maximum absolute atomic E-state index is 5.85. The Balaban J connectivity index is 2.82. The molecule has 2 heteroatoms. The van der Waals surface area contributed by atoms with E-state index < -0.39 is 0 Å². The zero-order chi connectivity index (χ0) is 13.8. The highest BCUT2D eigenvalue weighted by Gasteiger charge is 2.23. The Kier molecular flexibility index (Phi) is 5.36. The lowest BCUT2D eigenvalue weighted by molar-refractivity contribution is 0.148. The first-order valence-corrected chi connectivity index (χ1v) is 6.90. The molecule has 1 atom stereocenters. The molecule has 0 saturated carbocycles. The maximum Gasteiger partial charge on any atom is 0.0320 e. The Morgan fingerprint density at radius 1 is 1.33 bits per heavy atom. The third-order valence-electron chi connectivity index (χ3n) is 3.66. The summed E-state index contributed by atoms with van der Waals surface area (Å²) in [6, 6.07) is 9.23. The summed E-state index contributed by atoms with van der Waals surface area (Å²) >= 11 is 0. The van der Waals surface area contributed by atoms with E-state index in [9.17, 15) is 0 Å². The minimum Gasteiger partial charge on any atom is -0.330 e. The zero-order valence-corrected chi connectivity index (χ0v) is 12.5. The van der Waals surface area contributed by atoms with Crippen LogP contribution in [0.15, 0.2) is 24.3 Å². The van der Waals surface area contributed by atoms with Gasteiger partial charge in [0.05, 0.1) is 0 Å². The van der Waals surface area contributed by atoms with E-state index in [2.05, 4.69) is 63.8 Å². The summed E-state index contributed by atoms with van der Waals surface area (Å²) in [6.45, 7) is 13.9. The molecule has 0 amide bonds. The molecule has 1 unspecified atom stereocenters. The van der Waals surface area contributed by atoms with Gasteiger partial charge in [-0.2, -0.15) is 0 Å². The molecule has 102 valence electrons.